The van der Waals surface area contributed by atoms with Gasteiger partial charge in [-0.25, -0.2) is 4.79 Å². The minimum Gasteiger partial charge on any atom is -0.461 e. The second-order valence-electron chi connectivity index (χ2n) is 9.96. The predicted molar refractivity (Wildman–Crippen MR) is 163 cm³/mol. The third kappa shape index (κ3) is 6.09. The molecule has 3 aromatic rings. The summed E-state index contributed by atoms with van der Waals surface area (Å²) in [6.45, 7) is 0.790. The van der Waals surface area contributed by atoms with Crippen molar-refractivity contribution < 1.29 is 41.8 Å². The molecule has 0 bridgehead atoms. The Morgan fingerprint density at radius 2 is 1.67 bits per heavy atom. The lowest BCUT2D eigenvalue weighted by Gasteiger charge is -2.53. The fourth-order valence-corrected chi connectivity index (χ4v) is 7.63. The Morgan fingerprint density at radius 1 is 1.09 bits per heavy atom. The smallest absolute Gasteiger partial charge is 0.356 e. The van der Waals surface area contributed by atoms with Gasteiger partial charge in [0.05, 0.1) is 4.92 Å². The van der Waals surface area contributed by atoms with Crippen LogP contribution < -0.4 is 0 Å². The van der Waals surface area contributed by atoms with Gasteiger partial charge in [-0.2, -0.15) is 8.42 Å². The molecule has 0 aromatic heterocycles. The summed E-state index contributed by atoms with van der Waals surface area (Å²) in [7, 11) is -5.22. The molecule has 15 heteroatoms. The van der Waals surface area contributed by atoms with Gasteiger partial charge in [0.15, 0.2) is 6.10 Å². The van der Waals surface area contributed by atoms with E-state index in [1.165, 1.54) is 31.2 Å². The largest absolute Gasteiger partial charge is 0.461 e. The van der Waals surface area contributed by atoms with Crippen molar-refractivity contribution in [3.05, 3.63) is 123 Å². The number of rotatable bonds is 10. The number of carbonyl (C=O) groups is 3. The van der Waals surface area contributed by atoms with E-state index in [4.69, 9.17) is 9.47 Å². The molecule has 1 N–H and O–H groups in total. The lowest BCUT2D eigenvalue weighted by atomic mass is 10.0. The van der Waals surface area contributed by atoms with Crippen molar-refractivity contribution >= 4 is 51.6 Å². The number of fused-ring (bicyclic) bond motifs is 1. The molecule has 45 heavy (non-hydrogen) atoms. The Morgan fingerprint density at radius 3 is 2.18 bits per heavy atom. The Kier molecular flexibility index (Phi) is 8.86. The number of amides is 1. The molecule has 5 rings (SSSR count). The number of β-lactam (4-membered cyclic amide) rings is 1. The van der Waals surface area contributed by atoms with E-state index in [9.17, 15) is 37.5 Å². The van der Waals surface area contributed by atoms with E-state index in [1.807, 2.05) is 0 Å². The Bertz CT molecular complexity index is 1770. The molecule has 232 valence electrons. The molecule has 1 amide bonds. The first-order valence-corrected chi connectivity index (χ1v) is 15.8. The summed E-state index contributed by atoms with van der Waals surface area (Å²) in [6, 6.07) is 22.6. The van der Waals surface area contributed by atoms with Gasteiger partial charge in [0.1, 0.15) is 17.7 Å². The molecule has 0 saturated carbocycles. The third-order valence-electron chi connectivity index (χ3n) is 7.06. The van der Waals surface area contributed by atoms with Gasteiger partial charge in [-0.3, -0.25) is 34.1 Å². The first-order valence-electron chi connectivity index (χ1n) is 13.3. The fraction of sp³-hybridized carbons (Fsp3) is 0.200. The monoisotopic (exact) mass is 651 g/mol. The minimum atomic E-state index is -5.22. The molecule has 0 radical (unpaired) electrons. The van der Waals surface area contributed by atoms with E-state index in [0.29, 0.717) is 11.1 Å². The van der Waals surface area contributed by atoms with Crippen LogP contribution in [0.2, 0.25) is 0 Å². The van der Waals surface area contributed by atoms with Crippen molar-refractivity contribution in [2.24, 2.45) is 4.99 Å². The van der Waals surface area contributed by atoms with Gasteiger partial charge < -0.3 is 9.47 Å². The van der Waals surface area contributed by atoms with Gasteiger partial charge >= 0.3 is 22.1 Å². The topological polar surface area (TPSA) is 183 Å². The van der Waals surface area contributed by atoms with Gasteiger partial charge in [-0.05, 0) is 28.8 Å². The average molecular weight is 652 g/mol. The zero-order valence-electron chi connectivity index (χ0n) is 23.5. The molecule has 1 unspecified atom stereocenters. The molecule has 1 fully saturated rings. The van der Waals surface area contributed by atoms with E-state index in [0.717, 1.165) is 22.9 Å². The molecule has 2 aliphatic rings. The number of carbonyl (C=O) groups excluding carboxylic acids is 3. The highest BCUT2D eigenvalue weighted by Gasteiger charge is 2.72. The van der Waals surface area contributed by atoms with Crippen LogP contribution in [0.1, 0.15) is 29.7 Å². The Labute approximate surface area is 261 Å². The molecule has 2 aliphatic heterocycles. The van der Waals surface area contributed by atoms with Gasteiger partial charge in [0.25, 0.3) is 16.5 Å². The van der Waals surface area contributed by atoms with Gasteiger partial charge in [-0.15, -0.1) is 11.8 Å². The van der Waals surface area contributed by atoms with Gasteiger partial charge in [0, 0.05) is 36.6 Å². The number of aliphatic imine (C=N–C) groups is 1. The van der Waals surface area contributed by atoms with Crippen molar-refractivity contribution in [2.45, 2.75) is 23.3 Å². The van der Waals surface area contributed by atoms with Crippen LogP contribution in [0.4, 0.5) is 5.69 Å². The number of thioether (sulfide) groups is 1. The lowest BCUT2D eigenvalue weighted by molar-refractivity contribution is -0.384. The average Bonchev–Trinajstić information content (AvgIpc) is 3.02. The summed E-state index contributed by atoms with van der Waals surface area (Å²) in [6.07, 6.45) is 0.0859. The van der Waals surface area contributed by atoms with Crippen LogP contribution >= 0.6 is 11.8 Å². The summed E-state index contributed by atoms with van der Waals surface area (Å²) in [4.78, 5) is 51.8. The van der Waals surface area contributed by atoms with E-state index in [1.54, 1.807) is 60.7 Å². The fourth-order valence-electron chi connectivity index (χ4n) is 4.88. The normalized spacial score (nSPS) is 19.7. The number of non-ortho nitro benzene ring substituents is 1. The van der Waals surface area contributed by atoms with Crippen LogP contribution in [-0.2, 0) is 34.0 Å². The minimum absolute atomic E-state index is 0.0716. The zero-order chi connectivity index (χ0) is 32.4. The highest BCUT2D eigenvalue weighted by atomic mass is 32.2. The lowest BCUT2D eigenvalue weighted by Crippen LogP contribution is -2.75. The number of hydrogen-bond acceptors (Lipinski definition) is 11. The zero-order valence-corrected chi connectivity index (χ0v) is 25.1. The molecule has 0 aliphatic carbocycles. The van der Waals surface area contributed by atoms with Crippen LogP contribution in [-0.4, -0.2) is 69.5 Å². The number of nitro groups is 1. The second kappa shape index (κ2) is 12.6. The van der Waals surface area contributed by atoms with Crippen molar-refractivity contribution in [3.8, 4) is 0 Å². The predicted octanol–water partition coefficient (Wildman–Crippen LogP) is 3.66. The Hall–Kier alpha value is -4.86. The van der Waals surface area contributed by atoms with Crippen LogP contribution in [0.3, 0.4) is 0 Å². The van der Waals surface area contributed by atoms with E-state index in [-0.39, 0.29) is 34.9 Å². The maximum Gasteiger partial charge on any atom is 0.356 e. The molecular formula is C30H25N3O10S2. The molecule has 3 aromatic carbocycles. The number of benzene rings is 3. The SMILES string of the molecule is CC(=O)OCC1=C(C(=O)OC(c2ccccc2)c2ccccc2)N2C(=O)C(N=Cc3ccc([N+](=O)[O-])cc3)(S(=O)(=O)O)[C@H]2SC1. The second-order valence-corrected chi connectivity index (χ2v) is 12.6. The third-order valence-corrected chi connectivity index (χ3v) is 9.88. The number of hydrogen-bond donors (Lipinski definition) is 1. The van der Waals surface area contributed by atoms with Crippen molar-refractivity contribution in [1.82, 2.24) is 4.90 Å². The molecular weight excluding hydrogens is 626 g/mol. The maximum absolute atomic E-state index is 13.9. The first-order chi connectivity index (χ1) is 21.4. The Balaban J connectivity index is 1.53. The van der Waals surface area contributed by atoms with E-state index < -0.39 is 49.2 Å². The summed E-state index contributed by atoms with van der Waals surface area (Å²) < 4.78 is 47.0. The van der Waals surface area contributed by atoms with Gasteiger partial charge in [0.2, 0.25) is 0 Å². The summed E-state index contributed by atoms with van der Waals surface area (Å²) in [5.74, 6) is -2.94. The van der Waals surface area contributed by atoms with E-state index >= 15 is 0 Å². The maximum atomic E-state index is 13.9. The van der Waals surface area contributed by atoms with Crippen LogP contribution in [0.25, 0.3) is 0 Å². The summed E-state index contributed by atoms with van der Waals surface area (Å²) >= 11 is 0.891. The molecule has 13 nitrogen and oxygen atoms in total. The molecule has 0 spiro atoms. The van der Waals surface area contributed by atoms with Crippen LogP contribution in [0.15, 0.2) is 101 Å². The number of nitrogens with zero attached hydrogens (tertiary/aromatic N) is 3. The highest BCUT2D eigenvalue weighted by Crippen LogP contribution is 2.51. The first kappa shape index (κ1) is 31.6. The number of esters is 2. The number of nitro benzene ring substituents is 1. The van der Waals surface area contributed by atoms with Crippen molar-refractivity contribution in [1.29, 1.82) is 0 Å². The van der Waals surface area contributed by atoms with Crippen molar-refractivity contribution in [2.75, 3.05) is 12.4 Å². The van der Waals surface area contributed by atoms with Crippen molar-refractivity contribution in [3.63, 3.8) is 0 Å². The van der Waals surface area contributed by atoms with E-state index in [2.05, 4.69) is 4.99 Å². The molecule has 2 heterocycles. The quantitative estimate of drug-likeness (QED) is 0.0843. The standard InChI is InChI=1S/C30H25N3O10S2/c1-19(34)42-17-23-18-44-29-30(45(39,40)41,31-16-20-12-14-24(15-13-20)33(37)38)28(36)32(29)25(23)27(35)43-26(21-8-4-2-5-9-21)22-10-6-3-7-11-22/h2-16,26,29H,17-18H2,1H3,(H,39,40,41)/t29-,30?/m1/s1. The van der Waals surface area contributed by atoms with Crippen LogP contribution in [0.5, 0.6) is 0 Å². The van der Waals surface area contributed by atoms with Gasteiger partial charge in [-0.1, -0.05) is 60.7 Å². The molecule has 2 atom stereocenters. The summed E-state index contributed by atoms with van der Waals surface area (Å²) in [5, 5.41) is 9.58. The number of ether oxygens (including phenoxy) is 2. The summed E-state index contributed by atoms with van der Waals surface area (Å²) in [5.41, 5.74) is 1.10. The highest BCUT2D eigenvalue weighted by molar-refractivity contribution is 8.01. The molecule has 1 saturated heterocycles. The van der Waals surface area contributed by atoms with Crippen LogP contribution in [0, 0.1) is 10.1 Å².